The van der Waals surface area contributed by atoms with Gasteiger partial charge in [-0.15, -0.1) is 0 Å². The molecule has 1 N–H and O–H groups in total. The molecule has 0 radical (unpaired) electrons. The predicted molar refractivity (Wildman–Crippen MR) is 128 cm³/mol. The third-order valence-electron chi connectivity index (χ3n) is 5.68. The van der Waals surface area contributed by atoms with Crippen molar-refractivity contribution in [1.29, 1.82) is 0 Å². The van der Waals surface area contributed by atoms with Gasteiger partial charge in [0, 0.05) is 44.2 Å². The van der Waals surface area contributed by atoms with Crippen LogP contribution in [0.15, 0.2) is 36.4 Å². The zero-order valence-corrected chi connectivity index (χ0v) is 20.3. The summed E-state index contributed by atoms with van der Waals surface area (Å²) in [4.78, 5) is 41.2. The van der Waals surface area contributed by atoms with E-state index >= 15 is 0 Å². The number of halogens is 1. The summed E-state index contributed by atoms with van der Waals surface area (Å²) in [6.45, 7) is 4.64. The number of nitrogens with zero attached hydrogens (tertiary/aromatic N) is 2. The monoisotopic (exact) mass is 487 g/mol. The maximum atomic E-state index is 14.0. The molecule has 2 aromatic carbocycles. The van der Waals surface area contributed by atoms with E-state index in [1.165, 1.54) is 32.4 Å². The molecule has 0 atom stereocenters. The zero-order valence-electron chi connectivity index (χ0n) is 20.3. The molecule has 0 bridgehead atoms. The highest BCUT2D eigenvalue weighted by molar-refractivity contribution is 6.03. The summed E-state index contributed by atoms with van der Waals surface area (Å²) < 4.78 is 29.8. The van der Waals surface area contributed by atoms with Gasteiger partial charge in [0.25, 0.3) is 5.91 Å². The van der Waals surface area contributed by atoms with Gasteiger partial charge in [0.1, 0.15) is 5.82 Å². The first-order chi connectivity index (χ1) is 16.7. The van der Waals surface area contributed by atoms with E-state index in [1.54, 1.807) is 36.9 Å². The van der Waals surface area contributed by atoms with Gasteiger partial charge in [-0.25, -0.2) is 9.18 Å². The number of nitrogens with one attached hydrogen (secondary N) is 1. The van der Waals surface area contributed by atoms with Crippen LogP contribution in [0.25, 0.3) is 0 Å². The molecule has 1 aliphatic rings. The van der Waals surface area contributed by atoms with Gasteiger partial charge in [-0.05, 0) is 12.1 Å². The number of carbonyl (C=O) groups excluding carboxylic acids is 3. The summed E-state index contributed by atoms with van der Waals surface area (Å²) in [6.07, 6.45) is 0. The number of anilines is 2. The average molecular weight is 488 g/mol. The first-order valence-electron chi connectivity index (χ1n) is 11.3. The third kappa shape index (κ3) is 6.20. The Morgan fingerprint density at radius 2 is 1.63 bits per heavy atom. The number of ether oxygens (including phenoxy) is 3. The second kappa shape index (κ2) is 11.5. The Morgan fingerprint density at radius 3 is 2.23 bits per heavy atom. The quantitative estimate of drug-likeness (QED) is 0.572. The molecule has 0 spiro atoms. The van der Waals surface area contributed by atoms with E-state index < -0.39 is 12.6 Å². The molecule has 9 nitrogen and oxygen atoms in total. The number of piperazine rings is 1. The van der Waals surface area contributed by atoms with Crippen molar-refractivity contribution in [2.75, 3.05) is 57.2 Å². The third-order valence-corrected chi connectivity index (χ3v) is 5.68. The van der Waals surface area contributed by atoms with Gasteiger partial charge in [0.2, 0.25) is 5.91 Å². The summed E-state index contributed by atoms with van der Waals surface area (Å²) in [5, 5.41) is 2.69. The fourth-order valence-electron chi connectivity index (χ4n) is 3.63. The number of methoxy groups -OCH3 is 2. The zero-order chi connectivity index (χ0) is 25.5. The van der Waals surface area contributed by atoms with Crippen LogP contribution in [-0.2, 0) is 14.3 Å². The van der Waals surface area contributed by atoms with Crippen molar-refractivity contribution in [2.45, 2.75) is 13.8 Å². The van der Waals surface area contributed by atoms with Gasteiger partial charge in [0.05, 0.1) is 31.2 Å². The molecule has 0 aliphatic carbocycles. The van der Waals surface area contributed by atoms with Crippen molar-refractivity contribution in [3.8, 4) is 11.5 Å². The molecule has 1 fully saturated rings. The molecule has 2 amide bonds. The lowest BCUT2D eigenvalue weighted by molar-refractivity contribution is -0.134. The number of esters is 1. The van der Waals surface area contributed by atoms with Crippen LogP contribution in [-0.4, -0.2) is 69.7 Å². The highest BCUT2D eigenvalue weighted by Gasteiger charge is 2.25. The van der Waals surface area contributed by atoms with Crippen LogP contribution in [0.1, 0.15) is 24.2 Å². The van der Waals surface area contributed by atoms with Crippen LogP contribution in [0.3, 0.4) is 0 Å². The van der Waals surface area contributed by atoms with Crippen molar-refractivity contribution < 1.29 is 33.0 Å². The number of rotatable bonds is 8. The average Bonchev–Trinajstić information content (AvgIpc) is 2.87. The summed E-state index contributed by atoms with van der Waals surface area (Å²) >= 11 is 0. The van der Waals surface area contributed by atoms with E-state index in [1.807, 2.05) is 4.90 Å². The maximum Gasteiger partial charge on any atom is 0.340 e. The number of para-hydroxylation sites is 1. The second-order valence-corrected chi connectivity index (χ2v) is 8.29. The van der Waals surface area contributed by atoms with E-state index in [4.69, 9.17) is 14.2 Å². The summed E-state index contributed by atoms with van der Waals surface area (Å²) in [6, 6.07) is 9.37. The normalized spacial score (nSPS) is 13.4. The second-order valence-electron chi connectivity index (χ2n) is 8.29. The Balaban J connectivity index is 1.65. The number of hydrogen-bond acceptors (Lipinski definition) is 7. The number of hydrogen-bond donors (Lipinski definition) is 1. The Bertz CT molecular complexity index is 1080. The lowest BCUT2D eigenvalue weighted by atomic mass is 10.1. The van der Waals surface area contributed by atoms with Gasteiger partial charge in [0.15, 0.2) is 18.1 Å². The highest BCUT2D eigenvalue weighted by Crippen LogP contribution is 2.34. The Labute approximate surface area is 203 Å². The maximum absolute atomic E-state index is 14.0. The molecule has 0 saturated carbocycles. The van der Waals surface area contributed by atoms with E-state index in [0.717, 1.165) is 0 Å². The molecule has 3 rings (SSSR count). The highest BCUT2D eigenvalue weighted by atomic mass is 19.1. The van der Waals surface area contributed by atoms with E-state index in [2.05, 4.69) is 5.32 Å². The predicted octanol–water partition coefficient (Wildman–Crippen LogP) is 2.94. The standard InChI is InChI=1S/C25H30FN3O6/c1-16(2)24(31)27-19-14-22(34-4)21(33-3)13-17(19)25(32)35-15-23(30)29-11-9-28(10-12-29)20-8-6-5-7-18(20)26/h5-8,13-14,16H,9-12,15H2,1-4H3,(H,27,31). The van der Waals surface area contributed by atoms with Crippen molar-refractivity contribution in [3.63, 3.8) is 0 Å². The molecule has 35 heavy (non-hydrogen) atoms. The minimum absolute atomic E-state index is 0.0359. The molecule has 0 aromatic heterocycles. The van der Waals surface area contributed by atoms with Gasteiger partial charge >= 0.3 is 5.97 Å². The summed E-state index contributed by atoms with van der Waals surface area (Å²) in [7, 11) is 2.86. The van der Waals surface area contributed by atoms with Crippen molar-refractivity contribution in [2.24, 2.45) is 5.92 Å². The number of carbonyl (C=O) groups is 3. The Kier molecular flexibility index (Phi) is 8.51. The molecule has 1 heterocycles. The molecule has 0 unspecified atom stereocenters. The number of amides is 2. The fourth-order valence-corrected chi connectivity index (χ4v) is 3.63. The van der Waals surface area contributed by atoms with Crippen LogP contribution in [0.4, 0.5) is 15.8 Å². The molecule has 188 valence electrons. The van der Waals surface area contributed by atoms with Gasteiger partial charge in [-0.2, -0.15) is 0 Å². The topological polar surface area (TPSA) is 97.4 Å². The van der Waals surface area contributed by atoms with Crippen LogP contribution in [0.5, 0.6) is 11.5 Å². The Morgan fingerprint density at radius 1 is 1.00 bits per heavy atom. The minimum atomic E-state index is -0.789. The van der Waals surface area contributed by atoms with Crippen LogP contribution < -0.4 is 19.7 Å². The van der Waals surface area contributed by atoms with Crippen LogP contribution in [0, 0.1) is 11.7 Å². The first kappa shape index (κ1) is 25.8. The van der Waals surface area contributed by atoms with E-state index in [-0.39, 0.29) is 40.5 Å². The fraction of sp³-hybridized carbons (Fsp3) is 0.400. The first-order valence-corrected chi connectivity index (χ1v) is 11.3. The molecule has 2 aromatic rings. The van der Waals surface area contributed by atoms with Crippen molar-refractivity contribution in [3.05, 3.63) is 47.8 Å². The van der Waals surface area contributed by atoms with Crippen molar-refractivity contribution in [1.82, 2.24) is 4.90 Å². The molecule has 1 saturated heterocycles. The lowest BCUT2D eigenvalue weighted by Crippen LogP contribution is -2.50. The van der Waals surface area contributed by atoms with E-state index in [0.29, 0.717) is 37.6 Å². The SMILES string of the molecule is COc1cc(NC(=O)C(C)C)c(C(=O)OCC(=O)N2CCN(c3ccccc3F)CC2)cc1OC. The minimum Gasteiger partial charge on any atom is -0.493 e. The Hall–Kier alpha value is -3.82. The molecule has 1 aliphatic heterocycles. The van der Waals surface area contributed by atoms with Gasteiger partial charge in [-0.3, -0.25) is 9.59 Å². The van der Waals surface area contributed by atoms with Crippen molar-refractivity contribution >= 4 is 29.2 Å². The summed E-state index contributed by atoms with van der Waals surface area (Å²) in [5.41, 5.74) is 0.724. The smallest absolute Gasteiger partial charge is 0.340 e. The van der Waals surface area contributed by atoms with Crippen LogP contribution >= 0.6 is 0 Å². The molecular formula is C25H30FN3O6. The lowest BCUT2D eigenvalue weighted by Gasteiger charge is -2.36. The number of benzene rings is 2. The van der Waals surface area contributed by atoms with E-state index in [9.17, 15) is 18.8 Å². The van der Waals surface area contributed by atoms with Gasteiger partial charge in [-0.1, -0.05) is 26.0 Å². The summed E-state index contributed by atoms with van der Waals surface area (Å²) in [5.74, 6) is -1.48. The van der Waals surface area contributed by atoms with Crippen LogP contribution in [0.2, 0.25) is 0 Å². The van der Waals surface area contributed by atoms with Gasteiger partial charge < -0.3 is 29.3 Å². The largest absolute Gasteiger partial charge is 0.493 e. The molecule has 10 heteroatoms. The molecular weight excluding hydrogens is 457 g/mol.